The van der Waals surface area contributed by atoms with Crippen LogP contribution in [0.4, 0.5) is 5.82 Å². The van der Waals surface area contributed by atoms with Gasteiger partial charge in [0.05, 0.1) is 19.3 Å². The van der Waals surface area contributed by atoms with Crippen molar-refractivity contribution in [3.63, 3.8) is 0 Å². The summed E-state index contributed by atoms with van der Waals surface area (Å²) in [5.74, 6) is -0.0652. The van der Waals surface area contributed by atoms with Crippen LogP contribution < -0.4 is 4.74 Å². The molecule has 2 aromatic carbocycles. The van der Waals surface area contributed by atoms with Gasteiger partial charge in [0.2, 0.25) is 5.75 Å². The van der Waals surface area contributed by atoms with Crippen LogP contribution in [-0.4, -0.2) is 26.7 Å². The van der Waals surface area contributed by atoms with Crippen molar-refractivity contribution in [1.29, 1.82) is 0 Å². The number of benzene rings is 2. The molecule has 0 radical (unpaired) electrons. The second-order valence-electron chi connectivity index (χ2n) is 6.80. The van der Waals surface area contributed by atoms with Crippen molar-refractivity contribution in [2.24, 2.45) is 0 Å². The highest BCUT2D eigenvalue weighted by atomic mass is 35.5. The normalized spacial score (nSPS) is 10.3. The molecule has 4 aromatic rings. The second kappa shape index (κ2) is 10.7. The molecule has 0 atom stereocenters. The van der Waals surface area contributed by atoms with Crippen molar-refractivity contribution in [1.82, 2.24) is 9.55 Å². The average molecular weight is 466 g/mol. The molecule has 7 nitrogen and oxygen atoms in total. The Balaban J connectivity index is 0.00000149. The van der Waals surface area contributed by atoms with Crippen molar-refractivity contribution in [2.75, 3.05) is 7.11 Å². The van der Waals surface area contributed by atoms with Crippen LogP contribution in [0.3, 0.4) is 0 Å². The molecule has 0 unspecified atom stereocenters. The van der Waals surface area contributed by atoms with Gasteiger partial charge in [0, 0.05) is 16.3 Å². The number of rotatable bonds is 6. The summed E-state index contributed by atoms with van der Waals surface area (Å²) >= 11 is 6.45. The van der Waals surface area contributed by atoms with Crippen LogP contribution in [-0.2, 0) is 6.54 Å². The lowest BCUT2D eigenvalue weighted by molar-refractivity contribution is -0.390. The Morgan fingerprint density at radius 1 is 1.00 bits per heavy atom. The molecule has 0 aliphatic carbocycles. The highest BCUT2D eigenvalue weighted by molar-refractivity contribution is 6.33. The Morgan fingerprint density at radius 3 is 2.30 bits per heavy atom. The van der Waals surface area contributed by atoms with Gasteiger partial charge in [-0.05, 0) is 70.1 Å². The van der Waals surface area contributed by atoms with E-state index in [9.17, 15) is 15.2 Å². The molecule has 0 saturated heterocycles. The summed E-state index contributed by atoms with van der Waals surface area (Å²) in [5.41, 5.74) is 3.90. The molecular weight excluding hydrogens is 442 g/mol. The Morgan fingerprint density at radius 2 is 1.67 bits per heavy atom. The minimum Gasteiger partial charge on any atom is -0.508 e. The predicted octanol–water partition coefficient (Wildman–Crippen LogP) is 6.57. The summed E-state index contributed by atoms with van der Waals surface area (Å²) in [7, 11) is 1.37. The number of hydrogen-bond acceptors (Lipinski definition) is 5. The molecule has 0 fully saturated rings. The van der Waals surface area contributed by atoms with Crippen molar-refractivity contribution < 1.29 is 14.8 Å². The van der Waals surface area contributed by atoms with Crippen LogP contribution in [0.5, 0.6) is 11.5 Å². The first kappa shape index (κ1) is 23.8. The van der Waals surface area contributed by atoms with E-state index < -0.39 is 4.92 Å². The first-order chi connectivity index (χ1) is 16.0. The summed E-state index contributed by atoms with van der Waals surface area (Å²) in [4.78, 5) is 15.0. The fourth-order valence-electron chi connectivity index (χ4n) is 3.44. The van der Waals surface area contributed by atoms with Crippen molar-refractivity contribution in [3.8, 4) is 34.0 Å². The maximum absolute atomic E-state index is 11.4. The topological polar surface area (TPSA) is 90.4 Å². The lowest BCUT2D eigenvalue weighted by Gasteiger charge is -2.14. The van der Waals surface area contributed by atoms with Gasteiger partial charge in [-0.25, -0.2) is 0 Å². The molecule has 0 aliphatic rings. The van der Waals surface area contributed by atoms with Gasteiger partial charge in [-0.15, -0.1) is 0 Å². The SMILES string of the molecule is CC.COc1ccc(Cn2c(-c3ccc(O)cc3)ccc2-c2ccccc2Cl)nc1[N+](=O)[O-]. The maximum atomic E-state index is 11.4. The Kier molecular flexibility index (Phi) is 7.69. The number of aromatic nitrogens is 2. The molecule has 0 spiro atoms. The van der Waals surface area contributed by atoms with E-state index in [0.717, 1.165) is 22.5 Å². The van der Waals surface area contributed by atoms with Gasteiger partial charge in [-0.1, -0.05) is 43.6 Å². The molecule has 4 rings (SSSR count). The number of aromatic hydroxyl groups is 1. The van der Waals surface area contributed by atoms with E-state index in [1.165, 1.54) is 7.11 Å². The average Bonchev–Trinajstić information content (AvgIpc) is 3.24. The summed E-state index contributed by atoms with van der Waals surface area (Å²) in [5, 5.41) is 21.6. The first-order valence-corrected chi connectivity index (χ1v) is 10.8. The van der Waals surface area contributed by atoms with Gasteiger partial charge in [0.15, 0.2) is 5.69 Å². The predicted molar refractivity (Wildman–Crippen MR) is 130 cm³/mol. The number of ether oxygens (including phenoxy) is 1. The Labute approximate surface area is 197 Å². The standard InChI is InChI=1S/C23H18ClN3O4.C2H6/c1-31-22-13-8-16(25-23(22)27(29)30)14-26-20(15-6-9-17(28)10-7-15)11-12-21(26)18-4-2-3-5-19(18)24;1-2/h2-13,28H,14H2,1H3;1-2H3. The third-order valence-electron chi connectivity index (χ3n) is 4.90. The molecular formula is C25H24ClN3O4. The number of methoxy groups -OCH3 is 1. The van der Waals surface area contributed by atoms with Crippen molar-refractivity contribution >= 4 is 17.4 Å². The first-order valence-electron chi connectivity index (χ1n) is 10.4. The number of nitrogens with zero attached hydrogens (tertiary/aromatic N) is 3. The summed E-state index contributed by atoms with van der Waals surface area (Å²) in [6.07, 6.45) is 0. The molecule has 0 amide bonds. The second-order valence-corrected chi connectivity index (χ2v) is 7.21. The highest BCUT2D eigenvalue weighted by Crippen LogP contribution is 2.34. The zero-order valence-electron chi connectivity index (χ0n) is 18.5. The van der Waals surface area contributed by atoms with Gasteiger partial charge in [0.25, 0.3) is 0 Å². The molecule has 0 saturated carbocycles. The molecule has 170 valence electrons. The van der Waals surface area contributed by atoms with E-state index in [1.807, 2.05) is 54.8 Å². The van der Waals surface area contributed by atoms with Crippen LogP contribution >= 0.6 is 11.6 Å². The third kappa shape index (κ3) is 5.15. The number of nitro groups is 1. The van der Waals surface area contributed by atoms with E-state index in [-0.39, 0.29) is 23.9 Å². The Bertz CT molecular complexity index is 1250. The zero-order chi connectivity index (χ0) is 24.0. The fraction of sp³-hybridized carbons (Fsp3) is 0.160. The largest absolute Gasteiger partial charge is 0.508 e. The number of phenolic OH excluding ortho intramolecular Hbond substituents is 1. The van der Waals surface area contributed by atoms with Gasteiger partial charge in [-0.3, -0.25) is 0 Å². The van der Waals surface area contributed by atoms with Crippen LogP contribution in [0.1, 0.15) is 19.5 Å². The maximum Gasteiger partial charge on any atom is 0.406 e. The van der Waals surface area contributed by atoms with Crippen LogP contribution in [0.25, 0.3) is 22.5 Å². The molecule has 33 heavy (non-hydrogen) atoms. The quantitative estimate of drug-likeness (QED) is 0.257. The Hall–Kier alpha value is -3.84. The minimum atomic E-state index is -0.562. The van der Waals surface area contributed by atoms with Crippen molar-refractivity contribution in [3.05, 3.63) is 93.6 Å². The number of pyridine rings is 1. The van der Waals surface area contributed by atoms with Gasteiger partial charge >= 0.3 is 5.82 Å². The monoisotopic (exact) mass is 465 g/mol. The summed E-state index contributed by atoms with van der Waals surface area (Å²) in [6, 6.07) is 21.4. The van der Waals surface area contributed by atoms with E-state index in [2.05, 4.69) is 4.98 Å². The van der Waals surface area contributed by atoms with Gasteiger partial charge in [0.1, 0.15) is 5.75 Å². The molecule has 0 bridgehead atoms. The van der Waals surface area contributed by atoms with E-state index >= 15 is 0 Å². The summed E-state index contributed by atoms with van der Waals surface area (Å²) in [6.45, 7) is 4.27. The third-order valence-corrected chi connectivity index (χ3v) is 5.23. The highest BCUT2D eigenvalue weighted by Gasteiger charge is 2.21. The zero-order valence-corrected chi connectivity index (χ0v) is 19.3. The number of phenols is 1. The van der Waals surface area contributed by atoms with E-state index in [0.29, 0.717) is 10.7 Å². The number of halogens is 1. The van der Waals surface area contributed by atoms with Gasteiger partial charge < -0.3 is 24.5 Å². The van der Waals surface area contributed by atoms with Crippen LogP contribution in [0, 0.1) is 10.1 Å². The van der Waals surface area contributed by atoms with E-state index in [4.69, 9.17) is 16.3 Å². The lowest BCUT2D eigenvalue weighted by Crippen LogP contribution is -2.07. The van der Waals surface area contributed by atoms with Gasteiger partial charge in [-0.2, -0.15) is 0 Å². The molecule has 1 N–H and O–H groups in total. The van der Waals surface area contributed by atoms with Crippen LogP contribution in [0.15, 0.2) is 72.8 Å². The fourth-order valence-corrected chi connectivity index (χ4v) is 3.67. The molecule has 2 aromatic heterocycles. The molecule has 8 heteroatoms. The van der Waals surface area contributed by atoms with Crippen LogP contribution in [0.2, 0.25) is 5.02 Å². The van der Waals surface area contributed by atoms with Crippen molar-refractivity contribution in [2.45, 2.75) is 20.4 Å². The summed E-state index contributed by atoms with van der Waals surface area (Å²) < 4.78 is 7.05. The smallest absolute Gasteiger partial charge is 0.406 e. The van der Waals surface area contributed by atoms with E-state index in [1.54, 1.807) is 36.4 Å². The molecule has 0 aliphatic heterocycles. The molecule has 2 heterocycles. The number of hydrogen-bond donors (Lipinski definition) is 1. The minimum absolute atomic E-state index is 0.103. The lowest BCUT2D eigenvalue weighted by atomic mass is 10.1.